The zero-order valence-corrected chi connectivity index (χ0v) is 12.3. The fourth-order valence-electron chi connectivity index (χ4n) is 2.07. The van der Waals surface area contributed by atoms with Crippen molar-refractivity contribution < 1.29 is 19.0 Å². The summed E-state index contributed by atoms with van der Waals surface area (Å²) in [5.74, 6) is -1.33. The summed E-state index contributed by atoms with van der Waals surface area (Å²) in [5, 5.41) is 18.1. The van der Waals surface area contributed by atoms with Crippen LogP contribution in [0.2, 0.25) is 0 Å². The Hall–Kier alpha value is -3.13. The molecular formula is C18H14FNO3. The first-order valence-corrected chi connectivity index (χ1v) is 6.88. The van der Waals surface area contributed by atoms with E-state index in [1.165, 1.54) is 18.2 Å². The lowest BCUT2D eigenvalue weighted by Gasteiger charge is -2.11. The minimum atomic E-state index is -1.12. The summed E-state index contributed by atoms with van der Waals surface area (Å²) in [5.41, 5.74) is 0.638. The fraction of sp³-hybridized carbons (Fsp3) is 0.111. The predicted octanol–water partition coefficient (Wildman–Crippen LogP) is 4.02. The Bertz CT molecular complexity index is 793. The summed E-state index contributed by atoms with van der Waals surface area (Å²) in [6, 6.07) is 10.2. The number of carboxylic acid groups (broad SMARTS) is 1. The molecular weight excluding hydrogens is 297 g/mol. The van der Waals surface area contributed by atoms with Gasteiger partial charge in [-0.2, -0.15) is 5.26 Å². The van der Waals surface area contributed by atoms with Gasteiger partial charge in [0.05, 0.1) is 17.7 Å². The molecule has 1 N–H and O–H groups in total. The first-order chi connectivity index (χ1) is 11.1. The van der Waals surface area contributed by atoms with Crippen LogP contribution in [0.4, 0.5) is 4.39 Å². The quantitative estimate of drug-likeness (QED) is 0.646. The van der Waals surface area contributed by atoms with Gasteiger partial charge in [-0.15, -0.1) is 6.58 Å². The van der Waals surface area contributed by atoms with Gasteiger partial charge < -0.3 is 9.84 Å². The molecule has 0 spiro atoms. The molecule has 116 valence electrons. The van der Waals surface area contributed by atoms with Gasteiger partial charge in [-0.3, -0.25) is 0 Å². The van der Waals surface area contributed by atoms with Crippen LogP contribution < -0.4 is 4.74 Å². The molecule has 0 aliphatic carbocycles. The Morgan fingerprint density at radius 3 is 2.74 bits per heavy atom. The van der Waals surface area contributed by atoms with Crippen LogP contribution >= 0.6 is 0 Å². The highest BCUT2D eigenvalue weighted by atomic mass is 19.1. The normalized spacial score (nSPS) is 9.91. The highest BCUT2D eigenvalue weighted by molar-refractivity contribution is 5.96. The number of rotatable bonds is 6. The van der Waals surface area contributed by atoms with Crippen molar-refractivity contribution in [3.8, 4) is 22.9 Å². The third-order valence-electron chi connectivity index (χ3n) is 3.21. The molecule has 0 fully saturated rings. The number of nitriles is 1. The van der Waals surface area contributed by atoms with Crippen LogP contribution in [-0.4, -0.2) is 17.7 Å². The van der Waals surface area contributed by atoms with E-state index in [9.17, 15) is 14.3 Å². The monoisotopic (exact) mass is 311 g/mol. The number of aromatic carboxylic acids is 1. The minimum Gasteiger partial charge on any atom is -0.493 e. The molecule has 0 heterocycles. The molecule has 0 amide bonds. The molecule has 2 aromatic rings. The Kier molecular flexibility index (Phi) is 5.11. The zero-order chi connectivity index (χ0) is 16.8. The second-order valence-corrected chi connectivity index (χ2v) is 4.74. The minimum absolute atomic E-state index is 0.0326. The second kappa shape index (κ2) is 7.23. The van der Waals surface area contributed by atoms with E-state index in [1.807, 2.05) is 0 Å². The van der Waals surface area contributed by atoms with E-state index < -0.39 is 11.8 Å². The molecule has 23 heavy (non-hydrogen) atoms. The lowest BCUT2D eigenvalue weighted by Crippen LogP contribution is -2.02. The number of halogens is 1. The van der Waals surface area contributed by atoms with Crippen LogP contribution in [0.15, 0.2) is 49.1 Å². The van der Waals surface area contributed by atoms with Crippen molar-refractivity contribution in [3.63, 3.8) is 0 Å². The first kappa shape index (κ1) is 16.2. The van der Waals surface area contributed by atoms with E-state index in [4.69, 9.17) is 10.00 Å². The van der Waals surface area contributed by atoms with Gasteiger partial charge in [0, 0.05) is 0 Å². The number of ether oxygens (including phenoxy) is 1. The van der Waals surface area contributed by atoms with Crippen LogP contribution in [0.3, 0.4) is 0 Å². The molecule has 0 bridgehead atoms. The number of carbonyl (C=O) groups is 1. The van der Waals surface area contributed by atoms with Gasteiger partial charge in [-0.25, -0.2) is 9.18 Å². The molecule has 0 aromatic heterocycles. The summed E-state index contributed by atoms with van der Waals surface area (Å²) >= 11 is 0. The smallest absolute Gasteiger partial charge is 0.336 e. The Labute approximate surface area is 133 Å². The molecule has 0 aliphatic rings. The van der Waals surface area contributed by atoms with Crippen molar-refractivity contribution in [3.05, 3.63) is 66.0 Å². The highest BCUT2D eigenvalue weighted by Gasteiger charge is 2.14. The topological polar surface area (TPSA) is 70.3 Å². The lowest BCUT2D eigenvalue weighted by molar-refractivity contribution is 0.0697. The molecule has 0 aliphatic heterocycles. The van der Waals surface area contributed by atoms with Gasteiger partial charge in [0.1, 0.15) is 17.6 Å². The maximum absolute atomic E-state index is 13.8. The Balaban J connectivity index is 2.47. The molecule has 5 heteroatoms. The largest absolute Gasteiger partial charge is 0.493 e. The maximum Gasteiger partial charge on any atom is 0.336 e. The van der Waals surface area contributed by atoms with E-state index in [-0.39, 0.29) is 11.1 Å². The predicted molar refractivity (Wildman–Crippen MR) is 83.8 cm³/mol. The van der Waals surface area contributed by atoms with E-state index in [2.05, 4.69) is 6.58 Å². The van der Waals surface area contributed by atoms with Crippen molar-refractivity contribution in [2.75, 3.05) is 6.61 Å². The average Bonchev–Trinajstić information content (AvgIpc) is 2.54. The van der Waals surface area contributed by atoms with E-state index in [0.29, 0.717) is 29.9 Å². The molecule has 0 unspecified atom stereocenters. The maximum atomic E-state index is 13.8. The fourth-order valence-corrected chi connectivity index (χ4v) is 2.07. The van der Waals surface area contributed by atoms with Crippen LogP contribution in [-0.2, 0) is 0 Å². The lowest BCUT2D eigenvalue weighted by atomic mass is 9.98. The van der Waals surface area contributed by atoms with Crippen LogP contribution in [0.25, 0.3) is 11.1 Å². The van der Waals surface area contributed by atoms with Crippen LogP contribution in [0.5, 0.6) is 5.75 Å². The summed E-state index contributed by atoms with van der Waals surface area (Å²) < 4.78 is 19.3. The highest BCUT2D eigenvalue weighted by Crippen LogP contribution is 2.29. The standard InChI is InChI=1S/C18H14FNO3/c1-2-3-8-23-14-6-7-15(18(21)22)16(10-14)12-4-5-13(11-20)17(19)9-12/h2,4-7,9-10H,1,3,8H2,(H,21,22). The number of benzene rings is 2. The van der Waals surface area contributed by atoms with Gasteiger partial charge in [-0.1, -0.05) is 12.1 Å². The number of hydrogen-bond donors (Lipinski definition) is 1. The third-order valence-corrected chi connectivity index (χ3v) is 3.21. The Morgan fingerprint density at radius 1 is 1.35 bits per heavy atom. The zero-order valence-electron chi connectivity index (χ0n) is 12.3. The number of hydrogen-bond acceptors (Lipinski definition) is 3. The van der Waals surface area contributed by atoms with Crippen molar-refractivity contribution >= 4 is 5.97 Å². The molecule has 2 aromatic carbocycles. The number of nitrogens with zero attached hydrogens (tertiary/aromatic N) is 1. The van der Waals surface area contributed by atoms with Crippen molar-refractivity contribution in [1.82, 2.24) is 0 Å². The molecule has 2 rings (SSSR count). The molecule has 0 radical (unpaired) electrons. The van der Waals surface area contributed by atoms with Gasteiger partial charge >= 0.3 is 5.97 Å². The molecule has 4 nitrogen and oxygen atoms in total. The van der Waals surface area contributed by atoms with Crippen LogP contribution in [0, 0.1) is 17.1 Å². The van der Waals surface area contributed by atoms with Gasteiger partial charge in [-0.05, 0) is 47.9 Å². The summed E-state index contributed by atoms with van der Waals surface area (Å²) in [7, 11) is 0. The molecule has 0 saturated heterocycles. The first-order valence-electron chi connectivity index (χ1n) is 6.88. The summed E-state index contributed by atoms with van der Waals surface area (Å²) in [4.78, 5) is 11.4. The van der Waals surface area contributed by atoms with Crippen molar-refractivity contribution in [2.24, 2.45) is 0 Å². The van der Waals surface area contributed by atoms with Gasteiger partial charge in [0.2, 0.25) is 0 Å². The Morgan fingerprint density at radius 2 is 2.13 bits per heavy atom. The second-order valence-electron chi connectivity index (χ2n) is 4.74. The van der Waals surface area contributed by atoms with Crippen molar-refractivity contribution in [1.29, 1.82) is 5.26 Å². The van der Waals surface area contributed by atoms with Gasteiger partial charge in [0.15, 0.2) is 0 Å². The van der Waals surface area contributed by atoms with E-state index >= 15 is 0 Å². The SMILES string of the molecule is C=CCCOc1ccc(C(=O)O)c(-c2ccc(C#N)c(F)c2)c1. The average molecular weight is 311 g/mol. The molecule has 0 atom stereocenters. The van der Waals surface area contributed by atoms with Crippen molar-refractivity contribution in [2.45, 2.75) is 6.42 Å². The van der Waals surface area contributed by atoms with Gasteiger partial charge in [0.25, 0.3) is 0 Å². The van der Waals surface area contributed by atoms with E-state index in [0.717, 1.165) is 6.07 Å². The van der Waals surface area contributed by atoms with Crippen LogP contribution in [0.1, 0.15) is 22.3 Å². The summed E-state index contributed by atoms with van der Waals surface area (Å²) in [6.07, 6.45) is 2.37. The van der Waals surface area contributed by atoms with E-state index in [1.54, 1.807) is 24.3 Å². The third kappa shape index (κ3) is 3.74. The molecule has 0 saturated carbocycles. The number of carboxylic acids is 1. The summed E-state index contributed by atoms with van der Waals surface area (Å²) in [6.45, 7) is 4.01.